The summed E-state index contributed by atoms with van der Waals surface area (Å²) in [5.74, 6) is 0.884. The van der Waals surface area contributed by atoms with Gasteiger partial charge in [0, 0.05) is 21.0 Å². The van der Waals surface area contributed by atoms with E-state index in [0.29, 0.717) is 0 Å². The molecule has 0 aromatic heterocycles. The smallest absolute Gasteiger partial charge is 0.140 e. The van der Waals surface area contributed by atoms with Crippen molar-refractivity contribution in [2.75, 3.05) is 6.26 Å². The minimum Gasteiger partial charge on any atom is -0.483 e. The molecule has 0 saturated carbocycles. The predicted molar refractivity (Wildman–Crippen MR) is 94.0 cm³/mol. The summed E-state index contributed by atoms with van der Waals surface area (Å²) >= 11 is 5.28. The average molecular weight is 366 g/mol. The molecule has 0 bridgehead atoms. The van der Waals surface area contributed by atoms with E-state index in [1.807, 2.05) is 36.4 Å². The van der Waals surface area contributed by atoms with Crippen molar-refractivity contribution in [2.24, 2.45) is 5.73 Å². The summed E-state index contributed by atoms with van der Waals surface area (Å²) in [4.78, 5) is 1.12. The van der Waals surface area contributed by atoms with Gasteiger partial charge in [0.15, 0.2) is 0 Å². The molecular formula is C17H20BrNOS. The van der Waals surface area contributed by atoms with Gasteiger partial charge in [-0.25, -0.2) is 0 Å². The third-order valence-corrected chi connectivity index (χ3v) is 4.89. The number of halogens is 1. The van der Waals surface area contributed by atoms with Gasteiger partial charge in [0.05, 0.1) is 0 Å². The van der Waals surface area contributed by atoms with Crippen LogP contribution < -0.4 is 10.5 Å². The number of thioether (sulfide) groups is 1. The van der Waals surface area contributed by atoms with Gasteiger partial charge in [0.2, 0.25) is 0 Å². The van der Waals surface area contributed by atoms with Crippen LogP contribution in [0.4, 0.5) is 0 Å². The van der Waals surface area contributed by atoms with Crippen molar-refractivity contribution in [1.29, 1.82) is 0 Å². The summed E-state index contributed by atoms with van der Waals surface area (Å²) < 4.78 is 7.31. The number of nitrogens with two attached hydrogens (primary N) is 1. The third kappa shape index (κ3) is 4.02. The Bertz CT molecular complexity index is 591. The van der Waals surface area contributed by atoms with Crippen molar-refractivity contribution in [3.05, 3.63) is 58.6 Å². The normalized spacial score (nSPS) is 13.7. The lowest BCUT2D eigenvalue weighted by molar-refractivity contribution is 0.166. The molecule has 4 heteroatoms. The van der Waals surface area contributed by atoms with Crippen LogP contribution in [0.2, 0.25) is 0 Å². The van der Waals surface area contributed by atoms with E-state index in [0.717, 1.165) is 27.1 Å². The molecule has 0 spiro atoms. The highest BCUT2D eigenvalue weighted by molar-refractivity contribution is 9.10. The first-order chi connectivity index (χ1) is 10.2. The lowest BCUT2D eigenvalue weighted by Gasteiger charge is -2.26. The molecule has 2 rings (SSSR count). The number of ether oxygens (including phenoxy) is 1. The van der Waals surface area contributed by atoms with Gasteiger partial charge < -0.3 is 10.5 Å². The molecule has 0 radical (unpaired) electrons. The Morgan fingerprint density at radius 2 is 1.81 bits per heavy atom. The van der Waals surface area contributed by atoms with E-state index in [1.165, 1.54) is 0 Å². The van der Waals surface area contributed by atoms with Crippen molar-refractivity contribution < 1.29 is 4.74 Å². The SMILES string of the molecule is CCC(N)C(Oc1ccccc1SC)c1ccccc1Br. The van der Waals surface area contributed by atoms with E-state index in [9.17, 15) is 0 Å². The zero-order valence-electron chi connectivity index (χ0n) is 12.3. The molecule has 2 aromatic rings. The Balaban J connectivity index is 2.36. The lowest BCUT2D eigenvalue weighted by atomic mass is 10.0. The van der Waals surface area contributed by atoms with Crippen molar-refractivity contribution in [3.8, 4) is 5.75 Å². The first-order valence-corrected chi connectivity index (χ1v) is 8.98. The highest BCUT2D eigenvalue weighted by Crippen LogP contribution is 2.34. The Labute approximate surface area is 139 Å². The summed E-state index contributed by atoms with van der Waals surface area (Å²) in [6.07, 6.45) is 2.74. The maximum absolute atomic E-state index is 6.30. The number of rotatable bonds is 6. The summed E-state index contributed by atoms with van der Waals surface area (Å²) in [5, 5.41) is 0. The van der Waals surface area contributed by atoms with E-state index in [2.05, 4.69) is 41.2 Å². The van der Waals surface area contributed by atoms with E-state index >= 15 is 0 Å². The Hall–Kier alpha value is -0.970. The maximum Gasteiger partial charge on any atom is 0.140 e. The van der Waals surface area contributed by atoms with Gasteiger partial charge in [-0.15, -0.1) is 11.8 Å². The molecule has 2 N–H and O–H groups in total. The average Bonchev–Trinajstić information content (AvgIpc) is 2.53. The second-order valence-electron chi connectivity index (χ2n) is 4.78. The van der Waals surface area contributed by atoms with Gasteiger partial charge >= 0.3 is 0 Å². The van der Waals surface area contributed by atoms with Crippen molar-refractivity contribution in [2.45, 2.75) is 30.4 Å². The first-order valence-electron chi connectivity index (χ1n) is 6.97. The molecule has 0 aliphatic rings. The molecule has 0 fully saturated rings. The Kier molecular flexibility index (Phi) is 6.15. The van der Waals surface area contributed by atoms with Crippen LogP contribution in [-0.4, -0.2) is 12.3 Å². The molecular weight excluding hydrogens is 346 g/mol. The van der Waals surface area contributed by atoms with Gasteiger partial charge in [-0.3, -0.25) is 0 Å². The minimum absolute atomic E-state index is 0.0568. The maximum atomic E-state index is 6.30. The molecule has 0 aliphatic carbocycles. The summed E-state index contributed by atoms with van der Waals surface area (Å²) in [6, 6.07) is 16.1. The summed E-state index contributed by atoms with van der Waals surface area (Å²) in [5.41, 5.74) is 7.39. The standard InChI is InChI=1S/C17H20BrNOS/c1-3-14(19)17(12-8-4-5-9-13(12)18)20-15-10-6-7-11-16(15)21-2/h4-11,14,17H,3,19H2,1-2H3. The topological polar surface area (TPSA) is 35.2 Å². The Morgan fingerprint density at radius 1 is 1.14 bits per heavy atom. The zero-order chi connectivity index (χ0) is 15.2. The van der Waals surface area contributed by atoms with Crippen molar-refractivity contribution in [1.82, 2.24) is 0 Å². The minimum atomic E-state index is -0.168. The van der Waals surface area contributed by atoms with Gasteiger partial charge in [0.25, 0.3) is 0 Å². The fourth-order valence-corrected chi connectivity index (χ4v) is 3.20. The molecule has 0 amide bonds. The van der Waals surface area contributed by atoms with Gasteiger partial charge in [-0.2, -0.15) is 0 Å². The highest BCUT2D eigenvalue weighted by Gasteiger charge is 2.23. The Morgan fingerprint density at radius 3 is 2.48 bits per heavy atom. The molecule has 0 heterocycles. The highest BCUT2D eigenvalue weighted by atomic mass is 79.9. The van der Waals surface area contributed by atoms with Crippen LogP contribution in [0.3, 0.4) is 0 Å². The van der Waals surface area contributed by atoms with Crippen LogP contribution in [0, 0.1) is 0 Å². The van der Waals surface area contributed by atoms with Crippen LogP contribution in [0.5, 0.6) is 5.75 Å². The molecule has 2 atom stereocenters. The second-order valence-corrected chi connectivity index (χ2v) is 6.49. The first kappa shape index (κ1) is 16.4. The number of para-hydroxylation sites is 1. The van der Waals surface area contributed by atoms with Crippen LogP contribution in [0.1, 0.15) is 25.0 Å². The zero-order valence-corrected chi connectivity index (χ0v) is 14.7. The molecule has 112 valence electrons. The molecule has 2 unspecified atom stereocenters. The fourth-order valence-electron chi connectivity index (χ4n) is 2.15. The number of hydrogen-bond donors (Lipinski definition) is 1. The van der Waals surface area contributed by atoms with E-state index < -0.39 is 0 Å². The van der Waals surface area contributed by atoms with Gasteiger partial charge in [0.1, 0.15) is 11.9 Å². The molecule has 2 nitrogen and oxygen atoms in total. The van der Waals surface area contributed by atoms with E-state index in [1.54, 1.807) is 11.8 Å². The second kappa shape index (κ2) is 7.87. The van der Waals surface area contributed by atoms with Crippen molar-refractivity contribution in [3.63, 3.8) is 0 Å². The molecule has 0 aliphatic heterocycles. The lowest BCUT2D eigenvalue weighted by Crippen LogP contribution is -2.31. The number of benzene rings is 2. The number of hydrogen-bond acceptors (Lipinski definition) is 3. The third-order valence-electron chi connectivity index (χ3n) is 3.40. The van der Waals surface area contributed by atoms with Gasteiger partial charge in [-0.05, 0) is 30.9 Å². The summed E-state index contributed by atoms with van der Waals surface area (Å²) in [6.45, 7) is 2.08. The predicted octanol–water partition coefficient (Wildman–Crippen LogP) is 5.03. The van der Waals surface area contributed by atoms with Gasteiger partial charge in [-0.1, -0.05) is 53.2 Å². The monoisotopic (exact) mass is 365 g/mol. The summed E-state index contributed by atoms with van der Waals surface area (Å²) in [7, 11) is 0. The fraction of sp³-hybridized carbons (Fsp3) is 0.294. The van der Waals surface area contributed by atoms with Crippen LogP contribution in [-0.2, 0) is 0 Å². The van der Waals surface area contributed by atoms with Crippen molar-refractivity contribution >= 4 is 27.7 Å². The largest absolute Gasteiger partial charge is 0.483 e. The van der Waals surface area contributed by atoms with Crippen LogP contribution in [0.25, 0.3) is 0 Å². The van der Waals surface area contributed by atoms with Crippen LogP contribution in [0.15, 0.2) is 57.9 Å². The van der Waals surface area contributed by atoms with Crippen LogP contribution >= 0.6 is 27.7 Å². The molecule has 0 saturated heterocycles. The van der Waals surface area contributed by atoms with E-state index in [4.69, 9.17) is 10.5 Å². The quantitative estimate of drug-likeness (QED) is 0.729. The molecule has 2 aromatic carbocycles. The molecule has 21 heavy (non-hydrogen) atoms. The van der Waals surface area contributed by atoms with E-state index in [-0.39, 0.29) is 12.1 Å².